The molecule has 0 saturated carbocycles. The first-order valence-electron chi connectivity index (χ1n) is 16.5. The Bertz CT molecular complexity index is 1390. The maximum absolute atomic E-state index is 14.6. The van der Waals surface area contributed by atoms with Crippen LogP contribution < -0.4 is 16.4 Å². The monoisotopic (exact) mass is 666 g/mol. The maximum atomic E-state index is 14.6. The second kappa shape index (κ2) is 17.7. The molecular formula is C37H54N4O7. The highest BCUT2D eigenvalue weighted by molar-refractivity contribution is 5.94. The Morgan fingerprint density at radius 2 is 1.40 bits per heavy atom. The molecule has 2 aromatic rings. The smallest absolute Gasteiger partial charge is 0.408 e. The number of nitrogens with zero attached hydrogens (tertiary/aromatic N) is 1. The summed E-state index contributed by atoms with van der Waals surface area (Å²) in [5.74, 6) is -2.44. The Hall–Kier alpha value is -4.41. The van der Waals surface area contributed by atoms with E-state index in [1.54, 1.807) is 41.5 Å². The highest BCUT2D eigenvalue weighted by atomic mass is 16.6. The zero-order valence-corrected chi connectivity index (χ0v) is 30.0. The second-order valence-corrected chi connectivity index (χ2v) is 14.1. The van der Waals surface area contributed by atoms with Gasteiger partial charge in [0.15, 0.2) is 0 Å². The molecule has 0 fully saturated rings. The lowest BCUT2D eigenvalue weighted by atomic mass is 9.92. The molecule has 0 spiro atoms. The normalized spacial score (nSPS) is 13.4. The van der Waals surface area contributed by atoms with Crippen molar-refractivity contribution in [3.63, 3.8) is 0 Å². The van der Waals surface area contributed by atoms with Crippen LogP contribution in [-0.2, 0) is 35.1 Å². The molecule has 11 nitrogen and oxygen atoms in total. The first-order valence-corrected chi connectivity index (χ1v) is 16.5. The third-order valence-corrected chi connectivity index (χ3v) is 7.37. The van der Waals surface area contributed by atoms with Crippen molar-refractivity contribution in [2.45, 2.75) is 124 Å². The van der Waals surface area contributed by atoms with Crippen molar-refractivity contribution in [3.05, 3.63) is 70.8 Å². The molecule has 0 radical (unpaired) electrons. The van der Waals surface area contributed by atoms with Gasteiger partial charge in [-0.05, 0) is 90.5 Å². The topological polar surface area (TPSA) is 157 Å². The Morgan fingerprint density at radius 3 is 1.92 bits per heavy atom. The van der Waals surface area contributed by atoms with Gasteiger partial charge in [-0.25, -0.2) is 9.59 Å². The second-order valence-electron chi connectivity index (χ2n) is 14.1. The molecule has 4 amide bonds. The van der Waals surface area contributed by atoms with Crippen LogP contribution in [0.3, 0.4) is 0 Å². The van der Waals surface area contributed by atoms with Gasteiger partial charge < -0.3 is 30.7 Å². The number of amides is 4. The lowest BCUT2D eigenvalue weighted by Gasteiger charge is -2.36. The zero-order chi connectivity index (χ0) is 36.2. The van der Waals surface area contributed by atoms with Crippen molar-refractivity contribution >= 4 is 29.8 Å². The number of benzene rings is 2. The molecule has 4 N–H and O–H groups in total. The summed E-state index contributed by atoms with van der Waals surface area (Å²) in [6.45, 7) is 16.1. The average molecular weight is 667 g/mol. The molecule has 2 aromatic carbocycles. The van der Waals surface area contributed by atoms with Crippen LogP contribution in [0.25, 0.3) is 0 Å². The van der Waals surface area contributed by atoms with Gasteiger partial charge in [0.1, 0.15) is 29.3 Å². The number of carbonyl (C=O) groups excluding carboxylic acids is 5. The van der Waals surface area contributed by atoms with Crippen LogP contribution in [0.15, 0.2) is 48.5 Å². The Labute approximate surface area is 285 Å². The molecule has 0 bridgehead atoms. The molecule has 3 atom stereocenters. The van der Waals surface area contributed by atoms with E-state index in [1.165, 1.54) is 4.90 Å². The van der Waals surface area contributed by atoms with Crippen LogP contribution in [0, 0.1) is 13.8 Å². The van der Waals surface area contributed by atoms with E-state index in [0.29, 0.717) is 18.4 Å². The van der Waals surface area contributed by atoms with Crippen molar-refractivity contribution in [1.29, 1.82) is 0 Å². The molecule has 264 valence electrons. The SMILES string of the molecule is CCCCN(C(=O)C(CCC(N)=O)NC(=O)OC(C)(C)C)C(C(=O)NC(Cc1ccccc1)C(=O)OC(C)(C)C)c1c(C)cccc1C. The number of unbranched alkanes of at least 4 members (excludes halogenated alkanes) is 1. The molecule has 0 saturated heterocycles. The van der Waals surface area contributed by atoms with Gasteiger partial charge in [-0.3, -0.25) is 14.4 Å². The van der Waals surface area contributed by atoms with Crippen molar-refractivity contribution in [2.24, 2.45) is 5.73 Å². The molecular weight excluding hydrogens is 612 g/mol. The van der Waals surface area contributed by atoms with Crippen LogP contribution in [0.2, 0.25) is 0 Å². The quantitative estimate of drug-likeness (QED) is 0.221. The number of nitrogens with one attached hydrogen (secondary N) is 2. The van der Waals surface area contributed by atoms with E-state index in [-0.39, 0.29) is 25.8 Å². The molecule has 0 aliphatic carbocycles. The number of esters is 1. The summed E-state index contributed by atoms with van der Waals surface area (Å²) in [4.78, 5) is 68.8. The van der Waals surface area contributed by atoms with E-state index in [9.17, 15) is 24.0 Å². The summed E-state index contributed by atoms with van der Waals surface area (Å²) in [7, 11) is 0. The van der Waals surface area contributed by atoms with Crippen LogP contribution >= 0.6 is 0 Å². The summed E-state index contributed by atoms with van der Waals surface area (Å²) in [5.41, 5.74) is 6.70. The lowest BCUT2D eigenvalue weighted by molar-refractivity contribution is -0.159. The molecule has 2 rings (SSSR count). The van der Waals surface area contributed by atoms with E-state index in [0.717, 1.165) is 16.7 Å². The van der Waals surface area contributed by atoms with E-state index < -0.39 is 59.1 Å². The summed E-state index contributed by atoms with van der Waals surface area (Å²) >= 11 is 0. The molecule has 0 aliphatic heterocycles. The van der Waals surface area contributed by atoms with Gasteiger partial charge in [-0.1, -0.05) is 61.9 Å². The van der Waals surface area contributed by atoms with Crippen molar-refractivity contribution in [3.8, 4) is 0 Å². The van der Waals surface area contributed by atoms with Gasteiger partial charge in [0.05, 0.1) is 0 Å². The first kappa shape index (κ1) is 39.8. The van der Waals surface area contributed by atoms with Crippen molar-refractivity contribution in [1.82, 2.24) is 15.5 Å². The number of aryl methyl sites for hydroxylation is 2. The number of nitrogens with two attached hydrogens (primary N) is 1. The van der Waals surface area contributed by atoms with Crippen LogP contribution in [0.4, 0.5) is 4.79 Å². The average Bonchev–Trinajstić information content (AvgIpc) is 2.96. The maximum Gasteiger partial charge on any atom is 0.408 e. The molecule has 11 heteroatoms. The third-order valence-electron chi connectivity index (χ3n) is 7.37. The predicted octanol–water partition coefficient (Wildman–Crippen LogP) is 5.20. The number of hydrogen-bond acceptors (Lipinski definition) is 7. The first-order chi connectivity index (χ1) is 22.3. The number of alkyl carbamates (subject to hydrolysis) is 1. The fourth-order valence-corrected chi connectivity index (χ4v) is 5.24. The van der Waals surface area contributed by atoms with Crippen LogP contribution in [0.5, 0.6) is 0 Å². The van der Waals surface area contributed by atoms with Crippen molar-refractivity contribution in [2.75, 3.05) is 6.54 Å². The third kappa shape index (κ3) is 13.0. The van der Waals surface area contributed by atoms with E-state index in [4.69, 9.17) is 15.2 Å². The fourth-order valence-electron chi connectivity index (χ4n) is 5.24. The summed E-state index contributed by atoms with van der Waals surface area (Å²) in [5, 5.41) is 5.53. The highest BCUT2D eigenvalue weighted by Crippen LogP contribution is 2.30. The number of hydrogen-bond donors (Lipinski definition) is 3. The lowest BCUT2D eigenvalue weighted by Crippen LogP contribution is -2.55. The Balaban J connectivity index is 2.68. The van der Waals surface area contributed by atoms with Gasteiger partial charge in [-0.15, -0.1) is 0 Å². The van der Waals surface area contributed by atoms with E-state index in [2.05, 4.69) is 10.6 Å². The largest absolute Gasteiger partial charge is 0.458 e. The minimum atomic E-state index is -1.23. The van der Waals surface area contributed by atoms with Gasteiger partial charge >= 0.3 is 12.1 Å². The molecule has 3 unspecified atom stereocenters. The van der Waals surface area contributed by atoms with Crippen LogP contribution in [-0.4, -0.2) is 64.5 Å². The summed E-state index contributed by atoms with van der Waals surface area (Å²) in [6.07, 6.45) is 0.254. The number of ether oxygens (including phenoxy) is 2. The predicted molar refractivity (Wildman–Crippen MR) is 185 cm³/mol. The van der Waals surface area contributed by atoms with E-state index >= 15 is 0 Å². The minimum absolute atomic E-state index is 0.105. The van der Waals surface area contributed by atoms with Gasteiger partial charge in [-0.2, -0.15) is 0 Å². The number of rotatable bonds is 15. The van der Waals surface area contributed by atoms with Crippen molar-refractivity contribution < 1.29 is 33.4 Å². The van der Waals surface area contributed by atoms with E-state index in [1.807, 2.05) is 69.3 Å². The Kier molecular flexibility index (Phi) is 14.6. The van der Waals surface area contributed by atoms with Crippen LogP contribution in [0.1, 0.15) is 102 Å². The molecule has 0 aliphatic rings. The zero-order valence-electron chi connectivity index (χ0n) is 30.0. The van der Waals surface area contributed by atoms with Gasteiger partial charge in [0.25, 0.3) is 0 Å². The molecule has 0 aromatic heterocycles. The number of carbonyl (C=O) groups is 5. The summed E-state index contributed by atoms with van der Waals surface area (Å²) in [6, 6.07) is 11.3. The summed E-state index contributed by atoms with van der Waals surface area (Å²) < 4.78 is 11.1. The minimum Gasteiger partial charge on any atom is -0.458 e. The molecule has 48 heavy (non-hydrogen) atoms. The highest BCUT2D eigenvalue weighted by Gasteiger charge is 2.39. The fraction of sp³-hybridized carbons (Fsp3) is 0.541. The Morgan fingerprint density at radius 1 is 0.812 bits per heavy atom. The standard InChI is InChI=1S/C37H54N4O7/c1-10-11-22-41(33(44)27(20-21-29(38)42)40-35(46)48-37(7,8)9)31(30-24(2)16-15-17-25(30)3)32(43)39-28(34(45)47-36(4,5)6)23-26-18-13-12-14-19-26/h12-19,27-28,31H,10-11,20-23H2,1-9H3,(H2,38,42)(H,39,43)(H,40,46). The molecule has 0 heterocycles. The van der Waals surface area contributed by atoms with Gasteiger partial charge in [0.2, 0.25) is 17.7 Å². The number of primary amides is 1. The van der Waals surface area contributed by atoms with Gasteiger partial charge in [0, 0.05) is 19.4 Å².